The van der Waals surface area contributed by atoms with Crippen LogP contribution in [0.25, 0.3) is 0 Å². The third kappa shape index (κ3) is 3.51. The van der Waals surface area contributed by atoms with Crippen LogP contribution in [0.4, 0.5) is 8.78 Å². The van der Waals surface area contributed by atoms with Crippen molar-refractivity contribution in [2.45, 2.75) is 38.8 Å². The molecule has 3 unspecified atom stereocenters. The van der Waals surface area contributed by atoms with Gasteiger partial charge in [-0.05, 0) is 43.9 Å². The quantitative estimate of drug-likeness (QED) is 0.912. The molecule has 1 aromatic rings. The number of hydrogen-bond donors (Lipinski definition) is 1. The van der Waals surface area contributed by atoms with E-state index in [1.807, 2.05) is 0 Å². The lowest BCUT2D eigenvalue weighted by molar-refractivity contribution is 0.117. The minimum atomic E-state index is -0.483. The molecule has 1 saturated heterocycles. The van der Waals surface area contributed by atoms with Crippen molar-refractivity contribution in [2.75, 3.05) is 13.1 Å². The summed E-state index contributed by atoms with van der Waals surface area (Å²) in [6, 6.07) is 3.45. The van der Waals surface area contributed by atoms with Gasteiger partial charge in [0.05, 0.1) is 0 Å². The highest BCUT2D eigenvalue weighted by Crippen LogP contribution is 2.24. The summed E-state index contributed by atoms with van der Waals surface area (Å²) in [5.74, 6) is -0.223. The molecule has 3 atom stereocenters. The summed E-state index contributed by atoms with van der Waals surface area (Å²) in [7, 11) is 0. The van der Waals surface area contributed by atoms with Gasteiger partial charge in [-0.25, -0.2) is 8.78 Å². The van der Waals surface area contributed by atoms with Crippen LogP contribution in [0, 0.1) is 17.6 Å². The molecule has 106 valence electrons. The largest absolute Gasteiger partial charge is 0.323 e. The highest BCUT2D eigenvalue weighted by Gasteiger charge is 2.25. The Balaban J connectivity index is 2.07. The van der Waals surface area contributed by atoms with E-state index < -0.39 is 17.7 Å². The van der Waals surface area contributed by atoms with Gasteiger partial charge in [0.1, 0.15) is 11.6 Å². The van der Waals surface area contributed by atoms with Gasteiger partial charge in [0, 0.05) is 30.7 Å². The molecule has 2 N–H and O–H groups in total. The Morgan fingerprint density at radius 1 is 1.32 bits per heavy atom. The highest BCUT2D eigenvalue weighted by molar-refractivity contribution is 5.22. The molecule has 1 aliphatic heterocycles. The molecule has 1 aliphatic rings. The highest BCUT2D eigenvalue weighted by atomic mass is 19.1. The summed E-state index contributed by atoms with van der Waals surface area (Å²) in [5, 5.41) is 0. The van der Waals surface area contributed by atoms with Crippen molar-refractivity contribution in [2.24, 2.45) is 11.7 Å². The average molecular weight is 268 g/mol. The Morgan fingerprint density at radius 3 is 2.79 bits per heavy atom. The molecule has 0 radical (unpaired) electrons. The van der Waals surface area contributed by atoms with Crippen molar-refractivity contribution in [1.29, 1.82) is 0 Å². The third-order valence-electron chi connectivity index (χ3n) is 4.04. The summed E-state index contributed by atoms with van der Waals surface area (Å²) in [6.45, 7) is 5.94. The zero-order valence-corrected chi connectivity index (χ0v) is 11.6. The number of nitrogens with two attached hydrogens (primary N) is 1. The van der Waals surface area contributed by atoms with Gasteiger partial charge in [-0.3, -0.25) is 4.90 Å². The second kappa shape index (κ2) is 5.97. The van der Waals surface area contributed by atoms with E-state index in [0.29, 0.717) is 18.5 Å². The maximum atomic E-state index is 13.7. The molecule has 0 amide bonds. The fourth-order valence-corrected chi connectivity index (χ4v) is 2.78. The fourth-order valence-electron chi connectivity index (χ4n) is 2.78. The zero-order valence-electron chi connectivity index (χ0n) is 11.6. The smallest absolute Gasteiger partial charge is 0.128 e. The standard InChI is InChI=1S/C15H22F2N2/c1-10-3-4-11(2)19(8-10)9-15(18)13-7-12(16)5-6-14(13)17/h5-7,10-11,15H,3-4,8-9,18H2,1-2H3. The molecule has 1 heterocycles. The minimum absolute atomic E-state index is 0.269. The van der Waals surface area contributed by atoms with Crippen LogP contribution >= 0.6 is 0 Å². The SMILES string of the molecule is CC1CCC(C)N(CC(N)c2cc(F)ccc2F)C1. The van der Waals surface area contributed by atoms with Gasteiger partial charge in [-0.1, -0.05) is 6.92 Å². The van der Waals surface area contributed by atoms with Gasteiger partial charge in [-0.15, -0.1) is 0 Å². The molecule has 0 aliphatic carbocycles. The van der Waals surface area contributed by atoms with Gasteiger partial charge >= 0.3 is 0 Å². The number of likely N-dealkylation sites (tertiary alicyclic amines) is 1. The second-order valence-corrected chi connectivity index (χ2v) is 5.76. The van der Waals surface area contributed by atoms with Crippen LogP contribution in [-0.4, -0.2) is 24.0 Å². The summed E-state index contributed by atoms with van der Waals surface area (Å²) >= 11 is 0. The van der Waals surface area contributed by atoms with Crippen LogP contribution < -0.4 is 5.73 Å². The molecule has 2 nitrogen and oxygen atoms in total. The number of halogens is 2. The van der Waals surface area contributed by atoms with E-state index >= 15 is 0 Å². The van der Waals surface area contributed by atoms with Crippen LogP contribution in [0.5, 0.6) is 0 Å². The van der Waals surface area contributed by atoms with Gasteiger partial charge in [-0.2, -0.15) is 0 Å². The zero-order chi connectivity index (χ0) is 14.0. The predicted molar refractivity (Wildman–Crippen MR) is 72.7 cm³/mol. The first-order valence-corrected chi connectivity index (χ1v) is 6.92. The maximum Gasteiger partial charge on any atom is 0.128 e. The van der Waals surface area contributed by atoms with Crippen LogP contribution in [0.2, 0.25) is 0 Å². The molecule has 0 bridgehead atoms. The summed E-state index contributed by atoms with van der Waals surface area (Å²) in [4.78, 5) is 2.28. The van der Waals surface area contributed by atoms with Crippen LogP contribution in [0.3, 0.4) is 0 Å². The van der Waals surface area contributed by atoms with Gasteiger partial charge in [0.2, 0.25) is 0 Å². The Labute approximate surface area is 113 Å². The molecule has 0 spiro atoms. The first-order valence-electron chi connectivity index (χ1n) is 6.92. The van der Waals surface area contributed by atoms with E-state index in [-0.39, 0.29) is 5.56 Å². The van der Waals surface area contributed by atoms with E-state index in [2.05, 4.69) is 18.7 Å². The number of rotatable bonds is 3. The molecule has 0 saturated carbocycles. The lowest BCUT2D eigenvalue weighted by Gasteiger charge is -2.38. The predicted octanol–water partition coefficient (Wildman–Crippen LogP) is 3.09. The lowest BCUT2D eigenvalue weighted by Crippen LogP contribution is -2.44. The molecule has 1 aromatic carbocycles. The molecule has 1 fully saturated rings. The van der Waals surface area contributed by atoms with E-state index in [4.69, 9.17) is 5.73 Å². The molecular weight excluding hydrogens is 246 g/mol. The van der Waals surface area contributed by atoms with Gasteiger partial charge < -0.3 is 5.73 Å². The van der Waals surface area contributed by atoms with E-state index in [9.17, 15) is 8.78 Å². The molecular formula is C15H22F2N2. The van der Waals surface area contributed by atoms with Crippen molar-refractivity contribution in [3.63, 3.8) is 0 Å². The van der Waals surface area contributed by atoms with Crippen LogP contribution in [0.1, 0.15) is 38.3 Å². The average Bonchev–Trinajstić information content (AvgIpc) is 2.36. The fraction of sp³-hybridized carbons (Fsp3) is 0.600. The van der Waals surface area contributed by atoms with Crippen molar-refractivity contribution >= 4 is 0 Å². The van der Waals surface area contributed by atoms with E-state index in [1.165, 1.54) is 12.5 Å². The molecule has 19 heavy (non-hydrogen) atoms. The number of piperidine rings is 1. The Morgan fingerprint density at radius 2 is 2.05 bits per heavy atom. The Kier molecular flexibility index (Phi) is 4.53. The Bertz CT molecular complexity index is 436. The van der Waals surface area contributed by atoms with Crippen molar-refractivity contribution < 1.29 is 8.78 Å². The normalized spacial score (nSPS) is 26.4. The van der Waals surface area contributed by atoms with Gasteiger partial charge in [0.15, 0.2) is 0 Å². The summed E-state index contributed by atoms with van der Waals surface area (Å²) < 4.78 is 26.9. The third-order valence-corrected chi connectivity index (χ3v) is 4.04. The maximum absolute atomic E-state index is 13.7. The van der Waals surface area contributed by atoms with Crippen molar-refractivity contribution in [3.8, 4) is 0 Å². The molecule has 4 heteroatoms. The van der Waals surface area contributed by atoms with E-state index in [0.717, 1.165) is 25.1 Å². The summed E-state index contributed by atoms with van der Waals surface area (Å²) in [5.41, 5.74) is 6.32. The second-order valence-electron chi connectivity index (χ2n) is 5.76. The van der Waals surface area contributed by atoms with Gasteiger partial charge in [0.25, 0.3) is 0 Å². The first-order chi connectivity index (χ1) is 8.97. The van der Waals surface area contributed by atoms with Crippen LogP contribution in [-0.2, 0) is 0 Å². The number of nitrogens with zero attached hydrogens (tertiary/aromatic N) is 1. The lowest BCUT2D eigenvalue weighted by atomic mass is 9.94. The van der Waals surface area contributed by atoms with Crippen LogP contribution in [0.15, 0.2) is 18.2 Å². The topological polar surface area (TPSA) is 29.3 Å². The first kappa shape index (κ1) is 14.4. The summed E-state index contributed by atoms with van der Waals surface area (Å²) in [6.07, 6.45) is 2.36. The van der Waals surface area contributed by atoms with Crippen molar-refractivity contribution in [1.82, 2.24) is 4.90 Å². The molecule has 2 rings (SSSR count). The van der Waals surface area contributed by atoms with E-state index in [1.54, 1.807) is 0 Å². The monoisotopic (exact) mass is 268 g/mol. The minimum Gasteiger partial charge on any atom is -0.323 e. The van der Waals surface area contributed by atoms with Crippen molar-refractivity contribution in [3.05, 3.63) is 35.4 Å². The number of benzene rings is 1. The number of hydrogen-bond acceptors (Lipinski definition) is 2. The Hall–Kier alpha value is -1.00. The molecule has 0 aromatic heterocycles.